The molecule has 2 aromatic rings. The number of nitrogens with one attached hydrogen (secondary N) is 1. The van der Waals surface area contributed by atoms with Crippen LogP contribution in [-0.4, -0.2) is 42.6 Å². The Morgan fingerprint density at radius 1 is 1.11 bits per heavy atom. The van der Waals surface area contributed by atoms with Gasteiger partial charge in [0.15, 0.2) is 0 Å². The monoisotopic (exact) mass is 382 g/mol. The number of carbonyl (C=O) groups is 1. The molecular formula is C24H34N2O2. The summed E-state index contributed by atoms with van der Waals surface area (Å²) in [6, 6.07) is 14.0. The fraction of sp³-hybridized carbons (Fsp3) is 0.458. The maximum atomic E-state index is 12.6. The van der Waals surface area contributed by atoms with E-state index in [0.29, 0.717) is 18.7 Å². The molecule has 2 rings (SSSR count). The third-order valence-electron chi connectivity index (χ3n) is 5.54. The molecule has 1 atom stereocenters. The number of benzene rings is 2. The standard InChI is InChI=1S/C24H34N2O2/c1-17-12-21(27)13-18(2)22(17)14-20(26(5)6)16-25-23(28)15-24(3,4)19-10-8-7-9-11-19/h7-13,20,27H,14-16H2,1-6H3,(H,25,28)/t20-/m0/s1. The van der Waals surface area contributed by atoms with Crippen LogP contribution in [0.5, 0.6) is 5.75 Å². The van der Waals surface area contributed by atoms with Gasteiger partial charge in [0.25, 0.3) is 0 Å². The van der Waals surface area contributed by atoms with Crippen molar-refractivity contribution in [1.29, 1.82) is 0 Å². The van der Waals surface area contributed by atoms with Crippen molar-refractivity contribution in [1.82, 2.24) is 10.2 Å². The number of hydrogen-bond donors (Lipinski definition) is 2. The van der Waals surface area contributed by atoms with E-state index in [1.54, 1.807) is 12.1 Å². The smallest absolute Gasteiger partial charge is 0.220 e. The number of nitrogens with zero attached hydrogens (tertiary/aromatic N) is 1. The third kappa shape index (κ3) is 5.83. The van der Waals surface area contributed by atoms with Crippen molar-refractivity contribution in [3.8, 4) is 5.75 Å². The average molecular weight is 383 g/mol. The van der Waals surface area contributed by atoms with Gasteiger partial charge >= 0.3 is 0 Å². The van der Waals surface area contributed by atoms with Gasteiger partial charge in [0.05, 0.1) is 0 Å². The van der Waals surface area contributed by atoms with Crippen LogP contribution in [-0.2, 0) is 16.6 Å². The highest BCUT2D eigenvalue weighted by Gasteiger charge is 2.25. The van der Waals surface area contributed by atoms with Crippen molar-refractivity contribution in [3.63, 3.8) is 0 Å². The predicted molar refractivity (Wildman–Crippen MR) is 116 cm³/mol. The Balaban J connectivity index is 2.01. The number of carbonyl (C=O) groups excluding carboxylic acids is 1. The van der Waals surface area contributed by atoms with E-state index >= 15 is 0 Å². The van der Waals surface area contributed by atoms with Gasteiger partial charge in [-0.3, -0.25) is 4.79 Å². The van der Waals surface area contributed by atoms with Gasteiger partial charge in [-0.25, -0.2) is 0 Å². The van der Waals surface area contributed by atoms with Crippen LogP contribution in [0.1, 0.15) is 42.5 Å². The number of aromatic hydroxyl groups is 1. The van der Waals surface area contributed by atoms with Crippen LogP contribution >= 0.6 is 0 Å². The summed E-state index contributed by atoms with van der Waals surface area (Å²) in [4.78, 5) is 14.8. The molecule has 2 N–H and O–H groups in total. The molecule has 0 bridgehead atoms. The number of amides is 1. The molecular weight excluding hydrogens is 348 g/mol. The van der Waals surface area contributed by atoms with Gasteiger partial charge in [0.1, 0.15) is 5.75 Å². The summed E-state index contributed by atoms with van der Waals surface area (Å²) in [5, 5.41) is 12.9. The van der Waals surface area contributed by atoms with E-state index in [-0.39, 0.29) is 17.4 Å². The molecule has 0 aliphatic carbocycles. The largest absolute Gasteiger partial charge is 0.508 e. The summed E-state index contributed by atoms with van der Waals surface area (Å²) in [7, 11) is 4.08. The van der Waals surface area contributed by atoms with Crippen molar-refractivity contribution in [3.05, 3.63) is 64.7 Å². The molecule has 0 aliphatic heterocycles. The Bertz CT molecular complexity index is 775. The number of phenolic OH excluding ortho intramolecular Hbond substituents is 1. The number of likely N-dealkylation sites (N-methyl/N-ethyl adjacent to an activating group) is 1. The summed E-state index contributed by atoms with van der Waals surface area (Å²) in [6.45, 7) is 8.85. The van der Waals surface area contributed by atoms with E-state index in [4.69, 9.17) is 0 Å². The van der Waals surface area contributed by atoms with Gasteiger partial charge in [0, 0.05) is 19.0 Å². The maximum absolute atomic E-state index is 12.6. The second-order valence-corrected chi connectivity index (χ2v) is 8.61. The maximum Gasteiger partial charge on any atom is 0.220 e. The fourth-order valence-corrected chi connectivity index (χ4v) is 3.65. The summed E-state index contributed by atoms with van der Waals surface area (Å²) < 4.78 is 0. The van der Waals surface area contributed by atoms with Crippen molar-refractivity contribution in [2.45, 2.75) is 52.0 Å². The third-order valence-corrected chi connectivity index (χ3v) is 5.54. The number of hydrogen-bond acceptors (Lipinski definition) is 3. The molecule has 0 heterocycles. The molecule has 2 aromatic carbocycles. The molecule has 152 valence electrons. The van der Waals surface area contributed by atoms with Crippen LogP contribution in [0, 0.1) is 13.8 Å². The molecule has 0 aliphatic rings. The van der Waals surface area contributed by atoms with Crippen LogP contribution in [0.15, 0.2) is 42.5 Å². The molecule has 1 amide bonds. The normalized spacial score (nSPS) is 12.8. The number of phenols is 1. The van der Waals surface area contributed by atoms with E-state index in [1.807, 2.05) is 46.1 Å². The molecule has 0 radical (unpaired) electrons. The van der Waals surface area contributed by atoms with Gasteiger partial charge in [-0.15, -0.1) is 0 Å². The minimum Gasteiger partial charge on any atom is -0.508 e. The number of aryl methyl sites for hydroxylation is 2. The molecule has 4 heteroatoms. The molecule has 0 aromatic heterocycles. The lowest BCUT2D eigenvalue weighted by atomic mass is 9.81. The van der Waals surface area contributed by atoms with Gasteiger partial charge < -0.3 is 15.3 Å². The number of rotatable bonds is 8. The van der Waals surface area contributed by atoms with Crippen molar-refractivity contribution in [2.75, 3.05) is 20.6 Å². The Hall–Kier alpha value is -2.33. The zero-order valence-electron chi connectivity index (χ0n) is 18.0. The molecule has 0 saturated carbocycles. The minimum absolute atomic E-state index is 0.0693. The molecule has 0 spiro atoms. The zero-order chi connectivity index (χ0) is 20.9. The lowest BCUT2D eigenvalue weighted by Crippen LogP contribution is -2.43. The SMILES string of the molecule is Cc1cc(O)cc(C)c1C[C@@H](CNC(=O)CC(C)(C)c1ccccc1)N(C)C. The van der Waals surface area contributed by atoms with Crippen LogP contribution in [0.2, 0.25) is 0 Å². The topological polar surface area (TPSA) is 52.6 Å². The summed E-state index contributed by atoms with van der Waals surface area (Å²) in [6.07, 6.45) is 1.28. The van der Waals surface area contributed by atoms with Crippen molar-refractivity contribution < 1.29 is 9.90 Å². The predicted octanol–water partition coefficient (Wildman–Crippen LogP) is 3.97. The van der Waals surface area contributed by atoms with Gasteiger partial charge in [-0.2, -0.15) is 0 Å². The van der Waals surface area contributed by atoms with Crippen LogP contribution in [0.3, 0.4) is 0 Å². The highest BCUT2D eigenvalue weighted by Crippen LogP contribution is 2.27. The summed E-state index contributed by atoms with van der Waals surface area (Å²) in [5.41, 5.74) is 4.37. The first-order valence-corrected chi connectivity index (χ1v) is 9.88. The Morgan fingerprint density at radius 2 is 1.68 bits per heavy atom. The quantitative estimate of drug-likeness (QED) is 0.726. The summed E-state index contributed by atoms with van der Waals surface area (Å²) >= 11 is 0. The van der Waals surface area contributed by atoms with Crippen molar-refractivity contribution in [2.24, 2.45) is 0 Å². The van der Waals surface area contributed by atoms with E-state index < -0.39 is 0 Å². The van der Waals surface area contributed by atoms with Crippen LogP contribution in [0.25, 0.3) is 0 Å². The Kier molecular flexibility index (Phi) is 7.25. The second kappa shape index (κ2) is 9.24. The molecule has 28 heavy (non-hydrogen) atoms. The molecule has 4 nitrogen and oxygen atoms in total. The van der Waals surface area contributed by atoms with E-state index in [1.165, 1.54) is 11.1 Å². The summed E-state index contributed by atoms with van der Waals surface area (Å²) in [5.74, 6) is 0.372. The molecule has 0 unspecified atom stereocenters. The Labute approximate surface area is 169 Å². The highest BCUT2D eigenvalue weighted by atomic mass is 16.3. The average Bonchev–Trinajstić information content (AvgIpc) is 2.60. The van der Waals surface area contributed by atoms with E-state index in [2.05, 4.69) is 36.2 Å². The first kappa shape index (κ1) is 22.0. The van der Waals surface area contributed by atoms with Gasteiger partial charge in [-0.05, 0) is 74.2 Å². The van der Waals surface area contributed by atoms with Gasteiger partial charge in [-0.1, -0.05) is 44.2 Å². The van der Waals surface area contributed by atoms with E-state index in [9.17, 15) is 9.90 Å². The highest BCUT2D eigenvalue weighted by molar-refractivity contribution is 5.77. The van der Waals surface area contributed by atoms with Crippen molar-refractivity contribution >= 4 is 5.91 Å². The van der Waals surface area contributed by atoms with Crippen LogP contribution < -0.4 is 5.32 Å². The minimum atomic E-state index is -0.205. The first-order chi connectivity index (χ1) is 13.1. The van der Waals surface area contributed by atoms with Crippen LogP contribution in [0.4, 0.5) is 0 Å². The van der Waals surface area contributed by atoms with Gasteiger partial charge in [0.2, 0.25) is 5.91 Å². The molecule has 0 saturated heterocycles. The molecule has 0 fully saturated rings. The lowest BCUT2D eigenvalue weighted by Gasteiger charge is -2.28. The second-order valence-electron chi connectivity index (χ2n) is 8.61. The lowest BCUT2D eigenvalue weighted by molar-refractivity contribution is -0.122. The fourth-order valence-electron chi connectivity index (χ4n) is 3.65. The van der Waals surface area contributed by atoms with E-state index in [0.717, 1.165) is 17.5 Å². The zero-order valence-corrected chi connectivity index (χ0v) is 18.0. The first-order valence-electron chi connectivity index (χ1n) is 9.88. The Morgan fingerprint density at radius 3 is 2.21 bits per heavy atom.